The molecule has 0 atom stereocenters. The summed E-state index contributed by atoms with van der Waals surface area (Å²) >= 11 is 0. The minimum atomic E-state index is -4.20. The summed E-state index contributed by atoms with van der Waals surface area (Å²) in [4.78, 5) is 17.9. The molecule has 0 amide bonds. The Morgan fingerprint density at radius 1 is 1.15 bits per heavy atom. The number of ether oxygens (including phenoxy) is 1. The topological polar surface area (TPSA) is 87.0 Å². The van der Waals surface area contributed by atoms with Crippen LogP contribution in [0.4, 0.5) is 0 Å². The van der Waals surface area contributed by atoms with E-state index in [-0.39, 0.29) is 5.92 Å². The van der Waals surface area contributed by atoms with Crippen LogP contribution in [0.15, 0.2) is 46.8 Å². The Morgan fingerprint density at radius 2 is 1.74 bits per heavy atom. The zero-order valence-electron chi connectivity index (χ0n) is 16.6. The molecule has 0 aromatic heterocycles. The van der Waals surface area contributed by atoms with Crippen LogP contribution in [0, 0.1) is 19.8 Å². The Balaban J connectivity index is 2.24. The van der Waals surface area contributed by atoms with Crippen molar-refractivity contribution < 1.29 is 24.2 Å². The van der Waals surface area contributed by atoms with Crippen molar-refractivity contribution >= 4 is 7.60 Å². The highest BCUT2D eigenvalue weighted by atomic mass is 31.2. The second kappa shape index (κ2) is 8.47. The van der Waals surface area contributed by atoms with Gasteiger partial charge in [0.2, 0.25) is 0 Å². The van der Waals surface area contributed by atoms with Crippen molar-refractivity contribution in [3.63, 3.8) is 0 Å². The molecular formula is C21H29O5P. The van der Waals surface area contributed by atoms with Gasteiger partial charge in [0.15, 0.2) is 6.35 Å². The first-order chi connectivity index (χ1) is 12.5. The van der Waals surface area contributed by atoms with Crippen LogP contribution in [0.2, 0.25) is 0 Å². The monoisotopic (exact) mass is 392 g/mol. The van der Waals surface area contributed by atoms with Crippen LogP contribution in [0.25, 0.3) is 0 Å². The van der Waals surface area contributed by atoms with Crippen LogP contribution >= 0.6 is 7.60 Å². The van der Waals surface area contributed by atoms with Gasteiger partial charge in [-0.25, -0.2) is 0 Å². The van der Waals surface area contributed by atoms with Crippen molar-refractivity contribution in [1.29, 1.82) is 0 Å². The van der Waals surface area contributed by atoms with Crippen LogP contribution in [-0.4, -0.2) is 21.2 Å². The number of aliphatic hydroxyl groups excluding tert-OH is 1. The molecule has 0 bridgehead atoms. The molecule has 0 unspecified atom stereocenters. The average molecular weight is 392 g/mol. The third-order valence-electron chi connectivity index (χ3n) is 4.81. The molecule has 0 saturated heterocycles. The molecule has 0 heterocycles. The third kappa shape index (κ3) is 5.83. The summed E-state index contributed by atoms with van der Waals surface area (Å²) in [6.07, 6.45) is 5.03. The lowest BCUT2D eigenvalue weighted by molar-refractivity contribution is 0.300. The molecular weight excluding hydrogens is 363 g/mol. The summed E-state index contributed by atoms with van der Waals surface area (Å²) in [5.74, 6) is 1.14. The number of rotatable bonds is 6. The maximum atomic E-state index is 11.0. The van der Waals surface area contributed by atoms with Gasteiger partial charge in [-0.1, -0.05) is 26.0 Å². The minimum absolute atomic E-state index is 0.290. The van der Waals surface area contributed by atoms with E-state index in [9.17, 15) is 9.67 Å². The van der Waals surface area contributed by atoms with Gasteiger partial charge in [-0.15, -0.1) is 0 Å². The number of aryl methyl sites for hydroxylation is 2. The lowest BCUT2D eigenvalue weighted by Crippen LogP contribution is -2.01. The van der Waals surface area contributed by atoms with Gasteiger partial charge >= 0.3 is 7.60 Å². The fraction of sp³-hybridized carbons (Fsp3) is 0.429. The van der Waals surface area contributed by atoms with Gasteiger partial charge in [-0.05, 0) is 85.1 Å². The molecule has 1 aliphatic rings. The standard InChI is InChI=1S/C21H29O5P/c1-13(2)19-7-6-17(8-16(5)21(19)22)11-20-14(3)9-18(10-15(20)4)26-12-27(23,24)25/h6,8-10,13,22H,7,11-12H2,1-5H3,(H2,23,24,25). The van der Waals surface area contributed by atoms with E-state index in [1.54, 1.807) is 12.1 Å². The first-order valence-electron chi connectivity index (χ1n) is 9.05. The normalized spacial score (nSPS) is 15.6. The number of hydrogen-bond acceptors (Lipinski definition) is 3. The first-order valence-corrected chi connectivity index (χ1v) is 10.8. The van der Waals surface area contributed by atoms with Gasteiger partial charge in [0.05, 0.1) is 0 Å². The lowest BCUT2D eigenvalue weighted by atomic mass is 9.94. The van der Waals surface area contributed by atoms with Crippen molar-refractivity contribution in [2.24, 2.45) is 5.92 Å². The van der Waals surface area contributed by atoms with Gasteiger partial charge < -0.3 is 19.6 Å². The highest BCUT2D eigenvalue weighted by Crippen LogP contribution is 2.35. The molecule has 1 aromatic rings. The first kappa shape index (κ1) is 21.5. The van der Waals surface area contributed by atoms with Gasteiger partial charge in [0.25, 0.3) is 0 Å². The van der Waals surface area contributed by atoms with Gasteiger partial charge in [-0.3, -0.25) is 4.57 Å². The van der Waals surface area contributed by atoms with E-state index in [1.165, 1.54) is 0 Å². The van der Waals surface area contributed by atoms with E-state index in [1.807, 2.05) is 26.8 Å². The van der Waals surface area contributed by atoms with Crippen LogP contribution in [0.3, 0.4) is 0 Å². The SMILES string of the molecule is CC1=CC(Cc2c(C)cc(OCP(=O)(O)O)cc2C)=CCC(C(C)C)=C1O. The molecule has 1 aromatic carbocycles. The van der Waals surface area contributed by atoms with Crippen LogP contribution in [0.1, 0.15) is 43.9 Å². The maximum Gasteiger partial charge on any atom is 0.362 e. The second-order valence-electron chi connectivity index (χ2n) is 7.49. The van der Waals surface area contributed by atoms with Gasteiger partial charge in [0.1, 0.15) is 11.5 Å². The second-order valence-corrected chi connectivity index (χ2v) is 9.08. The predicted octanol–water partition coefficient (Wildman–Crippen LogP) is 5.10. The van der Waals surface area contributed by atoms with Crippen molar-refractivity contribution in [2.45, 2.75) is 47.5 Å². The molecule has 0 spiro atoms. The summed E-state index contributed by atoms with van der Waals surface area (Å²) in [7, 11) is -4.20. The zero-order valence-corrected chi connectivity index (χ0v) is 17.5. The molecule has 6 heteroatoms. The average Bonchev–Trinajstić information content (AvgIpc) is 2.68. The Labute approximate surface area is 161 Å². The molecule has 0 fully saturated rings. The van der Waals surface area contributed by atoms with Crippen molar-refractivity contribution in [3.8, 4) is 5.75 Å². The lowest BCUT2D eigenvalue weighted by Gasteiger charge is -2.15. The van der Waals surface area contributed by atoms with Crippen molar-refractivity contribution in [1.82, 2.24) is 0 Å². The fourth-order valence-corrected chi connectivity index (χ4v) is 3.62. The quantitative estimate of drug-likeness (QED) is 0.586. The largest absolute Gasteiger partial charge is 0.508 e. The fourth-order valence-electron chi connectivity index (χ4n) is 3.31. The number of aliphatic hydroxyl groups is 1. The van der Waals surface area contributed by atoms with Crippen molar-refractivity contribution in [2.75, 3.05) is 6.35 Å². The Morgan fingerprint density at radius 3 is 2.26 bits per heavy atom. The van der Waals surface area contributed by atoms with Crippen molar-refractivity contribution in [3.05, 3.63) is 63.5 Å². The number of hydrogen-bond donors (Lipinski definition) is 3. The maximum absolute atomic E-state index is 11.0. The summed E-state index contributed by atoms with van der Waals surface area (Å²) < 4.78 is 16.2. The molecule has 0 aliphatic heterocycles. The van der Waals surface area contributed by atoms with Crippen LogP contribution in [-0.2, 0) is 11.0 Å². The summed E-state index contributed by atoms with van der Waals surface area (Å²) in [6.45, 7) is 10.0. The highest BCUT2D eigenvalue weighted by molar-refractivity contribution is 7.51. The van der Waals surface area contributed by atoms with Crippen LogP contribution in [0.5, 0.6) is 5.75 Å². The molecule has 3 N–H and O–H groups in total. The van der Waals surface area contributed by atoms with E-state index < -0.39 is 13.9 Å². The number of allylic oxidation sites excluding steroid dienone is 5. The highest BCUT2D eigenvalue weighted by Gasteiger charge is 2.17. The van der Waals surface area contributed by atoms with E-state index in [2.05, 4.69) is 19.9 Å². The Kier molecular flexibility index (Phi) is 6.74. The molecule has 1 aliphatic carbocycles. The van der Waals surface area contributed by atoms with E-state index in [0.717, 1.165) is 46.3 Å². The van der Waals surface area contributed by atoms with Gasteiger partial charge in [0, 0.05) is 0 Å². The van der Waals surface area contributed by atoms with Crippen LogP contribution < -0.4 is 4.74 Å². The zero-order chi connectivity index (χ0) is 20.4. The minimum Gasteiger partial charge on any atom is -0.508 e. The summed E-state index contributed by atoms with van der Waals surface area (Å²) in [5, 5.41) is 10.4. The molecule has 0 radical (unpaired) electrons. The van der Waals surface area contributed by atoms with E-state index in [0.29, 0.717) is 11.5 Å². The van der Waals surface area contributed by atoms with E-state index in [4.69, 9.17) is 14.5 Å². The molecule has 5 nitrogen and oxygen atoms in total. The molecule has 2 rings (SSSR count). The van der Waals surface area contributed by atoms with E-state index >= 15 is 0 Å². The third-order valence-corrected chi connectivity index (χ3v) is 5.28. The smallest absolute Gasteiger partial charge is 0.362 e. The molecule has 27 heavy (non-hydrogen) atoms. The Bertz CT molecular complexity index is 832. The Hall–Kier alpha value is -1.81. The van der Waals surface area contributed by atoms with Gasteiger partial charge in [-0.2, -0.15) is 0 Å². The predicted molar refractivity (Wildman–Crippen MR) is 108 cm³/mol. The number of benzene rings is 1. The summed E-state index contributed by atoms with van der Waals surface area (Å²) in [5.41, 5.74) is 6.24. The molecule has 148 valence electrons. The molecule has 0 saturated carbocycles. The summed E-state index contributed by atoms with van der Waals surface area (Å²) in [6, 6.07) is 3.61.